The highest BCUT2D eigenvalue weighted by atomic mass is 14.6. The van der Waals surface area contributed by atoms with Crippen LogP contribution in [-0.4, -0.2) is 0 Å². The number of hydrogen-bond donors (Lipinski definition) is 0. The average Bonchev–Trinajstić information content (AvgIpc) is 3.12. The molecule has 11 rings (SSSR count). The molecule has 0 radical (unpaired) electrons. The van der Waals surface area contributed by atoms with Crippen LogP contribution in [0.25, 0.3) is 0 Å². The van der Waals surface area contributed by atoms with E-state index in [0.29, 0.717) is 34.8 Å². The maximum absolute atomic E-state index is 6.02. The van der Waals surface area contributed by atoms with Gasteiger partial charge in [-0.1, -0.05) is 59.8 Å². The highest BCUT2D eigenvalue weighted by Gasteiger charge is 2.61. The highest BCUT2D eigenvalue weighted by molar-refractivity contribution is 5.62. The molecule has 4 unspecified atom stereocenters. The van der Waals surface area contributed by atoms with Crippen molar-refractivity contribution in [2.45, 2.75) is 98.7 Å². The summed E-state index contributed by atoms with van der Waals surface area (Å²) in [5.41, 5.74) is 10.6. The normalized spacial score (nSPS) is 35.2. The molecule has 0 amide bonds. The Hall–Kier alpha value is -4.98. The smallest absolute Gasteiger partial charge is 0.0555 e. The Morgan fingerprint density at radius 3 is 0.980 bits per heavy atom. The van der Waals surface area contributed by atoms with Crippen molar-refractivity contribution >= 4 is 0 Å². The quantitative estimate of drug-likeness (QED) is 0.249. The van der Waals surface area contributed by atoms with Crippen molar-refractivity contribution in [2.75, 3.05) is 0 Å². The predicted octanol–water partition coefficient (Wildman–Crippen LogP) is 9.15. The van der Waals surface area contributed by atoms with Crippen LogP contribution in [0.3, 0.4) is 0 Å². The Balaban J connectivity index is 1.12. The van der Waals surface area contributed by atoms with Gasteiger partial charge in [0.2, 0.25) is 0 Å². The van der Waals surface area contributed by atoms with Crippen molar-refractivity contribution in [1.29, 1.82) is 0 Å². The molecule has 3 aromatic carbocycles. The molecular formula is C50H42. The highest BCUT2D eigenvalue weighted by Crippen LogP contribution is 2.69. The van der Waals surface area contributed by atoms with E-state index < -0.39 is 0 Å². The van der Waals surface area contributed by atoms with Crippen LogP contribution < -0.4 is 0 Å². The van der Waals surface area contributed by atoms with Gasteiger partial charge in [0.25, 0.3) is 0 Å². The van der Waals surface area contributed by atoms with E-state index in [9.17, 15) is 0 Å². The maximum Gasteiger partial charge on any atom is 0.0555 e. The van der Waals surface area contributed by atoms with E-state index in [1.807, 2.05) is 0 Å². The van der Waals surface area contributed by atoms with Gasteiger partial charge in [-0.3, -0.25) is 0 Å². The minimum absolute atomic E-state index is 0.0726. The van der Waals surface area contributed by atoms with Crippen molar-refractivity contribution in [1.82, 2.24) is 0 Å². The Kier molecular flexibility index (Phi) is 6.68. The lowest BCUT2D eigenvalue weighted by molar-refractivity contribution is -0.0310. The molecule has 0 saturated heterocycles. The van der Waals surface area contributed by atoms with Crippen molar-refractivity contribution < 1.29 is 0 Å². The molecule has 242 valence electrons. The third kappa shape index (κ3) is 4.29. The van der Waals surface area contributed by atoms with Crippen LogP contribution in [0.1, 0.15) is 133 Å². The van der Waals surface area contributed by atoms with Crippen molar-refractivity contribution in [2.24, 2.45) is 23.7 Å². The molecule has 8 bridgehead atoms. The first kappa shape index (κ1) is 31.0. The second kappa shape index (κ2) is 10.8. The summed E-state index contributed by atoms with van der Waals surface area (Å²) in [5, 5.41) is 0. The van der Waals surface area contributed by atoms with Gasteiger partial charge < -0.3 is 0 Å². The van der Waals surface area contributed by atoms with Crippen LogP contribution in [-0.2, 0) is 21.7 Å². The van der Waals surface area contributed by atoms with E-state index in [1.54, 1.807) is 11.1 Å². The van der Waals surface area contributed by atoms with Gasteiger partial charge in [0.05, 0.1) is 11.1 Å². The summed E-state index contributed by atoms with van der Waals surface area (Å²) in [6.45, 7) is 0. The van der Waals surface area contributed by atoms with Crippen molar-refractivity contribution in [3.8, 4) is 74.1 Å². The molecule has 0 aromatic heterocycles. The second-order valence-electron chi connectivity index (χ2n) is 17.4. The minimum Gasteiger partial charge on any atom is -0.115 e. The fourth-order valence-corrected chi connectivity index (χ4v) is 13.7. The molecule has 0 nitrogen and oxygen atoms in total. The summed E-state index contributed by atoms with van der Waals surface area (Å²) < 4.78 is 0. The zero-order chi connectivity index (χ0) is 34.5. The van der Waals surface area contributed by atoms with E-state index in [-0.39, 0.29) is 21.7 Å². The fourth-order valence-electron chi connectivity index (χ4n) is 13.7. The van der Waals surface area contributed by atoms with E-state index >= 15 is 0 Å². The molecule has 8 saturated carbocycles. The first-order chi connectivity index (χ1) is 24.2. The molecule has 4 atom stereocenters. The molecule has 50 heavy (non-hydrogen) atoms. The van der Waals surface area contributed by atoms with Crippen LogP contribution in [0.15, 0.2) is 48.5 Å². The number of terminal acetylenes is 6. The first-order valence-electron chi connectivity index (χ1n) is 18.5. The van der Waals surface area contributed by atoms with Crippen LogP contribution in [0.4, 0.5) is 0 Å². The summed E-state index contributed by atoms with van der Waals surface area (Å²) in [7, 11) is 0. The van der Waals surface area contributed by atoms with Crippen molar-refractivity contribution in [3.63, 3.8) is 0 Å². The summed E-state index contributed by atoms with van der Waals surface area (Å²) in [6, 6.07) is 18.8. The molecule has 3 aromatic rings. The lowest BCUT2D eigenvalue weighted by Crippen LogP contribution is -2.57. The number of benzene rings is 3. The summed E-state index contributed by atoms with van der Waals surface area (Å²) in [6.07, 6.45) is 50.7. The summed E-state index contributed by atoms with van der Waals surface area (Å²) in [5.74, 6) is 19.9. The van der Waals surface area contributed by atoms with E-state index in [2.05, 4.69) is 84.1 Å². The maximum atomic E-state index is 6.02. The zero-order valence-electron chi connectivity index (χ0n) is 28.9. The van der Waals surface area contributed by atoms with Gasteiger partial charge in [0.1, 0.15) is 0 Å². The SMILES string of the molecule is C#Cc1cc(C23CC4CC(CC(c5cccc(C67CC8CC(C6)CC(c6cc(C#C)c(C#C)c(C#C)c6)(C8)C7)c5)(C4)C2)C3)cc(C#C)c1C#C. The van der Waals surface area contributed by atoms with Gasteiger partial charge in [0, 0.05) is 22.3 Å². The molecule has 0 spiro atoms. The number of rotatable bonds is 4. The van der Waals surface area contributed by atoms with E-state index in [0.717, 1.165) is 35.1 Å². The minimum atomic E-state index is 0.0726. The van der Waals surface area contributed by atoms with Crippen LogP contribution >= 0.6 is 0 Å². The monoisotopic (exact) mass is 642 g/mol. The van der Waals surface area contributed by atoms with Crippen LogP contribution in [0, 0.1) is 97.7 Å². The molecule has 0 heterocycles. The van der Waals surface area contributed by atoms with E-state index in [4.69, 9.17) is 38.5 Å². The third-order valence-corrected chi connectivity index (χ3v) is 14.6. The van der Waals surface area contributed by atoms with Gasteiger partial charge >= 0.3 is 0 Å². The molecule has 8 aliphatic rings. The average molecular weight is 643 g/mol. The van der Waals surface area contributed by atoms with Crippen molar-refractivity contribution in [3.05, 3.63) is 104 Å². The Bertz CT molecular complexity index is 1990. The summed E-state index contributed by atoms with van der Waals surface area (Å²) in [4.78, 5) is 0. The standard InChI is InChI=1S/C50H42/c1-7-37-18-43(19-38(8-2)45(37)11-5)49-27-33-16-34(28-49)24-47(23-33,31-49)41-14-13-15-42(22-41)48-25-35-17-36(26-48)30-50(29-35,32-48)44-20-39(9-3)46(12-6)40(10-4)21-44/h1-6,13-15,18-22,33-36H,16-17,23-32H2. The molecule has 0 aliphatic heterocycles. The van der Waals surface area contributed by atoms with Gasteiger partial charge in [-0.25, -0.2) is 0 Å². The first-order valence-corrected chi connectivity index (χ1v) is 18.5. The summed E-state index contributed by atoms with van der Waals surface area (Å²) >= 11 is 0. The van der Waals surface area contributed by atoms with E-state index in [1.165, 1.54) is 75.3 Å². The lowest BCUT2D eigenvalue weighted by Gasteiger charge is -2.64. The van der Waals surface area contributed by atoms with Crippen LogP contribution in [0.5, 0.6) is 0 Å². The van der Waals surface area contributed by atoms with Gasteiger partial charge in [-0.2, -0.15) is 0 Å². The molecule has 8 fully saturated rings. The Morgan fingerprint density at radius 1 is 0.400 bits per heavy atom. The predicted molar refractivity (Wildman–Crippen MR) is 203 cm³/mol. The molecule has 8 aliphatic carbocycles. The second-order valence-corrected chi connectivity index (χ2v) is 17.4. The number of hydrogen-bond acceptors (Lipinski definition) is 0. The van der Waals surface area contributed by atoms with Gasteiger partial charge in [-0.15, -0.1) is 38.5 Å². The fraction of sp³-hybridized carbons (Fsp3) is 0.400. The van der Waals surface area contributed by atoms with Gasteiger partial charge in [-0.05, 0) is 169 Å². The molecular weight excluding hydrogens is 601 g/mol. The zero-order valence-corrected chi connectivity index (χ0v) is 28.9. The third-order valence-electron chi connectivity index (χ3n) is 14.6. The molecule has 0 heteroatoms. The molecule has 0 N–H and O–H groups in total. The van der Waals surface area contributed by atoms with Crippen LogP contribution in [0.2, 0.25) is 0 Å². The topological polar surface area (TPSA) is 0 Å². The lowest BCUT2D eigenvalue weighted by atomic mass is 9.40. The Morgan fingerprint density at radius 2 is 0.700 bits per heavy atom. The largest absolute Gasteiger partial charge is 0.115 e. The Labute approximate surface area is 299 Å². The van der Waals surface area contributed by atoms with Gasteiger partial charge in [0.15, 0.2) is 0 Å².